The molecule has 0 aromatic heterocycles. The van der Waals surface area contributed by atoms with Crippen LogP contribution in [0.4, 0.5) is 0 Å². The fraction of sp³-hybridized carbons (Fsp3) is 0.355. The molecule has 1 N–H and O–H groups in total. The van der Waals surface area contributed by atoms with E-state index in [1.165, 1.54) is 0 Å². The minimum Gasteiger partial charge on any atom is -0.497 e. The van der Waals surface area contributed by atoms with Gasteiger partial charge in [0.05, 0.1) is 24.8 Å². The van der Waals surface area contributed by atoms with Gasteiger partial charge in [0, 0.05) is 11.6 Å². The molecular weight excluding hydrogens is 530 g/mol. The lowest BCUT2D eigenvalue weighted by Gasteiger charge is -2.46. The third-order valence-corrected chi connectivity index (χ3v) is 8.06. The van der Waals surface area contributed by atoms with Gasteiger partial charge in [0.25, 0.3) is 5.91 Å². The Morgan fingerprint density at radius 3 is 1.98 bits per heavy atom. The number of fused-ring (bicyclic) bond motifs is 3. The van der Waals surface area contributed by atoms with Crippen LogP contribution < -0.4 is 24.4 Å². The molecule has 8 nitrogen and oxygen atoms in total. The zero-order chi connectivity index (χ0) is 28.0. The first-order valence-corrected chi connectivity index (χ1v) is 13.8. The third kappa shape index (κ3) is 6.51. The Morgan fingerprint density at radius 1 is 0.875 bits per heavy atom. The molecule has 0 radical (unpaired) electrons. The minimum atomic E-state index is -0.401. The van der Waals surface area contributed by atoms with Crippen LogP contribution in [0.3, 0.4) is 0 Å². The molecule has 40 heavy (non-hydrogen) atoms. The fourth-order valence-corrected chi connectivity index (χ4v) is 5.35. The molecule has 9 heteroatoms. The van der Waals surface area contributed by atoms with Crippen LogP contribution in [0.1, 0.15) is 40.7 Å². The highest BCUT2D eigenvalue weighted by molar-refractivity contribution is 6.35. The molecule has 210 valence electrons. The van der Waals surface area contributed by atoms with Crippen molar-refractivity contribution in [3.63, 3.8) is 0 Å². The molecule has 3 saturated heterocycles. The number of hydrogen-bond acceptors (Lipinski definition) is 7. The van der Waals surface area contributed by atoms with E-state index in [1.807, 2.05) is 54.7 Å². The number of halogens is 1. The fourth-order valence-electron chi connectivity index (χ4n) is 5.06. The van der Waals surface area contributed by atoms with E-state index in [0.29, 0.717) is 11.5 Å². The molecule has 0 saturated carbocycles. The number of methoxy groups -OCH3 is 2. The number of carbonyl (C=O) groups excluding carboxylic acids is 1. The van der Waals surface area contributed by atoms with Gasteiger partial charge in [0.1, 0.15) is 24.7 Å². The number of nitrogens with one attached hydrogen (secondary N) is 1. The number of carbonyl (C=O) groups is 1. The number of amides is 1. The number of rotatable bonds is 11. The van der Waals surface area contributed by atoms with Crippen molar-refractivity contribution in [1.82, 2.24) is 10.3 Å². The topological polar surface area (TPSA) is 81.6 Å². The maximum absolute atomic E-state index is 13.1. The van der Waals surface area contributed by atoms with Crippen molar-refractivity contribution in [2.45, 2.75) is 32.5 Å². The Bertz CT molecular complexity index is 1320. The molecule has 0 unspecified atom stereocenters. The summed E-state index contributed by atoms with van der Waals surface area (Å²) in [5, 5.41) is 4.50. The predicted molar refractivity (Wildman–Crippen MR) is 155 cm³/mol. The van der Waals surface area contributed by atoms with Gasteiger partial charge in [-0.25, -0.2) is 5.43 Å². The molecule has 3 aliphatic heterocycles. The number of ether oxygens (including phenoxy) is 4. The second-order valence-corrected chi connectivity index (χ2v) is 10.6. The van der Waals surface area contributed by atoms with E-state index in [0.717, 1.165) is 61.5 Å². The van der Waals surface area contributed by atoms with Crippen molar-refractivity contribution in [2.24, 2.45) is 10.5 Å². The first-order valence-electron chi connectivity index (χ1n) is 13.4. The summed E-state index contributed by atoms with van der Waals surface area (Å²) in [5.74, 6) is 1.84. The Hall–Kier alpha value is -3.75. The highest BCUT2D eigenvalue weighted by atomic mass is 35.5. The summed E-state index contributed by atoms with van der Waals surface area (Å²) in [6.45, 7) is 3.76. The van der Waals surface area contributed by atoms with Crippen molar-refractivity contribution < 1.29 is 23.7 Å². The van der Waals surface area contributed by atoms with Gasteiger partial charge in [0.2, 0.25) is 0 Å². The molecule has 0 aliphatic carbocycles. The molecule has 2 bridgehead atoms. The SMILES string of the molecule is COc1ccc(COc2ccc(C(=O)N/N=C/C34CCN(CC3)CC4)c(Cl)c2OCc2ccc(OC)cc2)cc1. The van der Waals surface area contributed by atoms with Crippen molar-refractivity contribution >= 4 is 23.7 Å². The molecule has 0 atom stereocenters. The van der Waals surface area contributed by atoms with E-state index in [2.05, 4.69) is 15.4 Å². The van der Waals surface area contributed by atoms with Gasteiger partial charge < -0.3 is 23.8 Å². The molecular formula is C31H34ClN3O5. The van der Waals surface area contributed by atoms with E-state index < -0.39 is 5.91 Å². The molecule has 3 aliphatic rings. The largest absolute Gasteiger partial charge is 0.497 e. The number of hydrogen-bond donors (Lipinski definition) is 1. The molecule has 3 aromatic carbocycles. The molecule has 0 spiro atoms. The van der Waals surface area contributed by atoms with Crippen LogP contribution in [0, 0.1) is 5.41 Å². The van der Waals surface area contributed by atoms with E-state index in [4.69, 9.17) is 30.5 Å². The molecule has 3 aromatic rings. The van der Waals surface area contributed by atoms with Crippen molar-refractivity contribution in [2.75, 3.05) is 33.9 Å². The number of hydrazone groups is 1. The summed E-state index contributed by atoms with van der Waals surface area (Å²) in [4.78, 5) is 15.6. The van der Waals surface area contributed by atoms with Crippen LogP contribution >= 0.6 is 11.6 Å². The van der Waals surface area contributed by atoms with E-state index >= 15 is 0 Å². The molecule has 3 fully saturated rings. The Balaban J connectivity index is 1.32. The van der Waals surface area contributed by atoms with Gasteiger partial charge in [-0.1, -0.05) is 35.9 Å². The summed E-state index contributed by atoms with van der Waals surface area (Å²) >= 11 is 6.77. The second-order valence-electron chi connectivity index (χ2n) is 10.2. The molecule has 1 amide bonds. The van der Waals surface area contributed by atoms with E-state index in [9.17, 15) is 4.79 Å². The Kier molecular flexibility index (Phi) is 8.77. The summed E-state index contributed by atoms with van der Waals surface area (Å²) in [7, 11) is 3.25. The first-order chi connectivity index (χ1) is 19.5. The summed E-state index contributed by atoms with van der Waals surface area (Å²) in [5.41, 5.74) is 4.86. The second kappa shape index (κ2) is 12.6. The van der Waals surface area contributed by atoms with E-state index in [1.54, 1.807) is 26.4 Å². The van der Waals surface area contributed by atoms with Crippen LogP contribution in [-0.4, -0.2) is 50.9 Å². The van der Waals surface area contributed by atoms with Gasteiger partial charge in [-0.15, -0.1) is 0 Å². The van der Waals surface area contributed by atoms with Gasteiger partial charge in [-0.2, -0.15) is 5.10 Å². The van der Waals surface area contributed by atoms with Gasteiger partial charge >= 0.3 is 0 Å². The highest BCUT2D eigenvalue weighted by Crippen LogP contribution is 2.40. The van der Waals surface area contributed by atoms with Crippen LogP contribution in [0.25, 0.3) is 0 Å². The normalized spacial score (nSPS) is 19.8. The zero-order valence-corrected chi connectivity index (χ0v) is 23.6. The summed E-state index contributed by atoms with van der Waals surface area (Å²) in [6.07, 6.45) is 5.12. The maximum atomic E-state index is 13.1. The maximum Gasteiger partial charge on any atom is 0.273 e. The monoisotopic (exact) mass is 563 g/mol. The predicted octanol–water partition coefficient (Wildman–Crippen LogP) is 5.72. The average Bonchev–Trinajstić information content (AvgIpc) is 3.00. The lowest BCUT2D eigenvalue weighted by atomic mass is 9.73. The third-order valence-electron chi connectivity index (χ3n) is 7.68. The Morgan fingerprint density at radius 2 is 1.43 bits per heavy atom. The Labute approximate surface area is 239 Å². The van der Waals surface area contributed by atoms with Crippen molar-refractivity contribution in [3.05, 3.63) is 82.4 Å². The van der Waals surface area contributed by atoms with Gasteiger partial charge in [-0.3, -0.25) is 4.79 Å². The smallest absolute Gasteiger partial charge is 0.273 e. The first kappa shape index (κ1) is 27.8. The molecule has 6 rings (SSSR count). The quantitative estimate of drug-likeness (QED) is 0.237. The number of benzene rings is 3. The van der Waals surface area contributed by atoms with Crippen LogP contribution in [0.15, 0.2) is 65.8 Å². The summed E-state index contributed by atoms with van der Waals surface area (Å²) < 4.78 is 22.7. The van der Waals surface area contributed by atoms with Gasteiger partial charge in [0.15, 0.2) is 11.5 Å². The number of nitrogens with zero attached hydrogens (tertiary/aromatic N) is 2. The van der Waals surface area contributed by atoms with Crippen LogP contribution in [0.5, 0.6) is 23.0 Å². The number of piperidine rings is 3. The van der Waals surface area contributed by atoms with Crippen LogP contribution in [0.2, 0.25) is 5.02 Å². The van der Waals surface area contributed by atoms with Crippen molar-refractivity contribution in [1.29, 1.82) is 0 Å². The lowest BCUT2D eigenvalue weighted by Crippen LogP contribution is -2.49. The highest BCUT2D eigenvalue weighted by Gasteiger charge is 2.38. The van der Waals surface area contributed by atoms with Crippen molar-refractivity contribution in [3.8, 4) is 23.0 Å². The van der Waals surface area contributed by atoms with Gasteiger partial charge in [-0.05, 0) is 86.4 Å². The van der Waals surface area contributed by atoms with Crippen LogP contribution in [-0.2, 0) is 13.2 Å². The summed E-state index contributed by atoms with van der Waals surface area (Å²) in [6, 6.07) is 18.5. The molecule has 3 heterocycles. The lowest BCUT2D eigenvalue weighted by molar-refractivity contribution is 0.0773. The minimum absolute atomic E-state index is 0.0671. The standard InChI is InChI=1S/C31H34ClN3O5/c1-37-24-7-3-22(4-8-24)19-39-27-12-11-26(28(32)29(27)40-20-23-5-9-25(38-2)10-6-23)30(36)34-33-21-31-13-16-35(17-14-31)18-15-31/h3-12,21H,13-20H2,1-2H3,(H,34,36)/b33-21+. The average molecular weight is 564 g/mol. The zero-order valence-electron chi connectivity index (χ0n) is 22.8. The van der Waals surface area contributed by atoms with E-state index in [-0.39, 0.29) is 29.2 Å².